The largest absolute Gasteiger partial charge is 0.324 e. The fourth-order valence-electron chi connectivity index (χ4n) is 2.32. The average molecular weight is 268 g/mol. The molecule has 1 amide bonds. The summed E-state index contributed by atoms with van der Waals surface area (Å²) in [4.78, 5) is 16.0. The Hall–Kier alpha value is -2.49. The summed E-state index contributed by atoms with van der Waals surface area (Å²) in [6.07, 6.45) is 0. The third kappa shape index (κ3) is 2.20. The molecule has 3 rings (SSSR count). The van der Waals surface area contributed by atoms with Gasteiger partial charge in [-0.25, -0.2) is 4.39 Å². The Labute approximate surface area is 116 Å². The number of rotatable bonds is 1. The van der Waals surface area contributed by atoms with Crippen LogP contribution in [0.2, 0.25) is 0 Å². The lowest BCUT2D eigenvalue weighted by atomic mass is 9.97. The van der Waals surface area contributed by atoms with Crippen LogP contribution < -0.4 is 5.32 Å². The third-order valence-corrected chi connectivity index (χ3v) is 3.29. The summed E-state index contributed by atoms with van der Waals surface area (Å²) in [6, 6.07) is 12.1. The second-order valence-electron chi connectivity index (χ2n) is 4.72. The van der Waals surface area contributed by atoms with Gasteiger partial charge in [0.25, 0.3) is 0 Å². The van der Waals surface area contributed by atoms with Crippen molar-refractivity contribution in [1.82, 2.24) is 0 Å². The van der Waals surface area contributed by atoms with E-state index in [-0.39, 0.29) is 18.3 Å². The summed E-state index contributed by atoms with van der Waals surface area (Å²) in [5.41, 5.74) is 3.81. The predicted octanol–water partition coefficient (Wildman–Crippen LogP) is 2.92. The number of anilines is 1. The summed E-state index contributed by atoms with van der Waals surface area (Å²) in [7, 11) is 0. The lowest BCUT2D eigenvalue weighted by Crippen LogP contribution is -2.13. The first-order valence-electron chi connectivity index (χ1n) is 6.35. The second kappa shape index (κ2) is 4.89. The highest BCUT2D eigenvalue weighted by Gasteiger charge is 2.19. The molecule has 2 aromatic carbocycles. The Kier molecular flexibility index (Phi) is 3.06. The van der Waals surface area contributed by atoms with Gasteiger partial charge in [-0.1, -0.05) is 24.3 Å². The smallest absolute Gasteiger partial charge is 0.246 e. The molecule has 0 saturated heterocycles. The summed E-state index contributed by atoms with van der Waals surface area (Å²) < 4.78 is 13.5. The number of aryl methyl sites for hydroxylation is 1. The predicted molar refractivity (Wildman–Crippen MR) is 76.7 cm³/mol. The number of aliphatic imine (C=N–C) groups is 1. The van der Waals surface area contributed by atoms with E-state index in [9.17, 15) is 9.18 Å². The number of hydrogen-bond donors (Lipinski definition) is 1. The molecule has 0 bridgehead atoms. The Bertz CT molecular complexity index is 722. The number of halogens is 1. The highest BCUT2D eigenvalue weighted by atomic mass is 19.1. The molecule has 0 atom stereocenters. The zero-order valence-corrected chi connectivity index (χ0v) is 11.0. The summed E-state index contributed by atoms with van der Waals surface area (Å²) >= 11 is 0. The van der Waals surface area contributed by atoms with E-state index in [4.69, 9.17) is 0 Å². The summed E-state index contributed by atoms with van der Waals surface area (Å²) in [5, 5.41) is 2.75. The highest BCUT2D eigenvalue weighted by molar-refractivity contribution is 6.19. The van der Waals surface area contributed by atoms with Gasteiger partial charge in [0.05, 0.1) is 11.4 Å². The van der Waals surface area contributed by atoms with Crippen molar-refractivity contribution in [2.75, 3.05) is 11.9 Å². The van der Waals surface area contributed by atoms with Crippen LogP contribution in [0.4, 0.5) is 10.1 Å². The molecule has 0 unspecified atom stereocenters. The van der Waals surface area contributed by atoms with Crippen LogP contribution in [0.1, 0.15) is 16.7 Å². The van der Waals surface area contributed by atoms with Crippen molar-refractivity contribution in [2.24, 2.45) is 4.99 Å². The number of hydrogen-bond acceptors (Lipinski definition) is 2. The van der Waals surface area contributed by atoms with Crippen molar-refractivity contribution in [3.63, 3.8) is 0 Å². The van der Waals surface area contributed by atoms with E-state index in [2.05, 4.69) is 10.3 Å². The molecule has 0 fully saturated rings. The monoisotopic (exact) mass is 268 g/mol. The van der Waals surface area contributed by atoms with Crippen LogP contribution in [-0.2, 0) is 4.79 Å². The molecule has 20 heavy (non-hydrogen) atoms. The van der Waals surface area contributed by atoms with E-state index in [1.54, 1.807) is 6.07 Å². The molecule has 1 heterocycles. The van der Waals surface area contributed by atoms with Crippen molar-refractivity contribution in [3.05, 3.63) is 65.0 Å². The average Bonchev–Trinajstić information content (AvgIpc) is 2.58. The van der Waals surface area contributed by atoms with Crippen LogP contribution in [0.25, 0.3) is 0 Å². The first-order valence-corrected chi connectivity index (χ1v) is 6.35. The van der Waals surface area contributed by atoms with Gasteiger partial charge in [0.15, 0.2) is 0 Å². The Morgan fingerprint density at radius 1 is 1.15 bits per heavy atom. The fraction of sp³-hybridized carbons (Fsp3) is 0.125. The zero-order chi connectivity index (χ0) is 14.1. The number of benzene rings is 2. The minimum atomic E-state index is -0.346. The first kappa shape index (κ1) is 12.5. The molecule has 0 aliphatic carbocycles. The van der Waals surface area contributed by atoms with Crippen LogP contribution in [-0.4, -0.2) is 18.2 Å². The zero-order valence-electron chi connectivity index (χ0n) is 11.0. The van der Waals surface area contributed by atoms with Crippen molar-refractivity contribution >= 4 is 17.3 Å². The Morgan fingerprint density at radius 3 is 2.75 bits per heavy atom. The minimum absolute atomic E-state index is 0.0416. The lowest BCUT2D eigenvalue weighted by molar-refractivity contribution is -0.114. The second-order valence-corrected chi connectivity index (χ2v) is 4.72. The topological polar surface area (TPSA) is 41.5 Å². The number of carbonyl (C=O) groups excluding carboxylic acids is 1. The maximum Gasteiger partial charge on any atom is 0.246 e. The molecule has 0 saturated carbocycles. The molecule has 0 radical (unpaired) electrons. The van der Waals surface area contributed by atoms with Gasteiger partial charge in [0.2, 0.25) is 5.91 Å². The van der Waals surface area contributed by atoms with Crippen LogP contribution in [0.3, 0.4) is 0 Å². The Morgan fingerprint density at radius 2 is 1.95 bits per heavy atom. The van der Waals surface area contributed by atoms with E-state index in [0.29, 0.717) is 17.0 Å². The van der Waals surface area contributed by atoms with Gasteiger partial charge < -0.3 is 5.32 Å². The van der Waals surface area contributed by atoms with E-state index in [1.165, 1.54) is 12.1 Å². The van der Waals surface area contributed by atoms with Crippen molar-refractivity contribution in [2.45, 2.75) is 6.92 Å². The van der Waals surface area contributed by atoms with Gasteiger partial charge in [-0.15, -0.1) is 0 Å². The minimum Gasteiger partial charge on any atom is -0.324 e. The van der Waals surface area contributed by atoms with Crippen molar-refractivity contribution in [1.29, 1.82) is 0 Å². The Balaban J connectivity index is 2.23. The SMILES string of the molecule is Cc1ccccc1C1=NCC(=O)Nc2ccc(F)cc21. The van der Waals surface area contributed by atoms with E-state index in [0.717, 1.165) is 11.1 Å². The van der Waals surface area contributed by atoms with Gasteiger partial charge in [-0.2, -0.15) is 0 Å². The number of nitrogens with one attached hydrogen (secondary N) is 1. The third-order valence-electron chi connectivity index (χ3n) is 3.29. The normalized spacial score (nSPS) is 14.1. The van der Waals surface area contributed by atoms with E-state index in [1.807, 2.05) is 31.2 Å². The maximum atomic E-state index is 13.5. The summed E-state index contributed by atoms with van der Waals surface area (Å²) in [5.74, 6) is -0.539. The van der Waals surface area contributed by atoms with Gasteiger partial charge in [0.1, 0.15) is 12.4 Å². The number of amides is 1. The molecule has 1 aliphatic rings. The van der Waals surface area contributed by atoms with Crippen molar-refractivity contribution < 1.29 is 9.18 Å². The highest BCUT2D eigenvalue weighted by Crippen LogP contribution is 2.24. The first-order chi connectivity index (χ1) is 9.65. The van der Waals surface area contributed by atoms with Gasteiger partial charge in [0, 0.05) is 11.1 Å². The molecule has 1 N–H and O–H groups in total. The lowest BCUT2D eigenvalue weighted by Gasteiger charge is -2.11. The standard InChI is InChI=1S/C16H13FN2O/c1-10-4-2-3-5-12(10)16-13-8-11(17)6-7-14(13)19-15(20)9-18-16/h2-8H,9H2,1H3,(H,19,20). The van der Waals surface area contributed by atoms with Crippen molar-refractivity contribution in [3.8, 4) is 0 Å². The van der Waals surface area contributed by atoms with Crippen LogP contribution in [0.15, 0.2) is 47.5 Å². The van der Waals surface area contributed by atoms with Crippen LogP contribution in [0.5, 0.6) is 0 Å². The van der Waals surface area contributed by atoms with E-state index >= 15 is 0 Å². The van der Waals surface area contributed by atoms with E-state index < -0.39 is 0 Å². The maximum absolute atomic E-state index is 13.5. The van der Waals surface area contributed by atoms with Gasteiger partial charge in [-0.05, 0) is 30.7 Å². The summed E-state index contributed by atoms with van der Waals surface area (Å²) in [6.45, 7) is 2.01. The number of benzodiazepines with no additional fused rings is 1. The van der Waals surface area contributed by atoms with Gasteiger partial charge >= 0.3 is 0 Å². The molecule has 0 aromatic heterocycles. The molecule has 1 aliphatic heterocycles. The van der Waals surface area contributed by atoms with Gasteiger partial charge in [-0.3, -0.25) is 9.79 Å². The number of carbonyl (C=O) groups is 1. The molecule has 0 spiro atoms. The quantitative estimate of drug-likeness (QED) is 0.849. The number of fused-ring (bicyclic) bond motifs is 1. The molecule has 100 valence electrons. The molecule has 2 aromatic rings. The van der Waals surface area contributed by atoms with Crippen LogP contribution in [0, 0.1) is 12.7 Å². The fourth-order valence-corrected chi connectivity index (χ4v) is 2.32. The molecular formula is C16H13FN2O. The number of nitrogens with zero attached hydrogens (tertiary/aromatic N) is 1. The van der Waals surface area contributed by atoms with Crippen LogP contribution >= 0.6 is 0 Å². The molecule has 3 nitrogen and oxygen atoms in total. The molecular weight excluding hydrogens is 255 g/mol. The molecule has 4 heteroatoms.